The molecule has 0 aromatic rings. The van der Waals surface area contributed by atoms with Crippen LogP contribution >= 0.6 is 0 Å². The first-order chi connectivity index (χ1) is 8.58. The zero-order chi connectivity index (χ0) is 15.3. The molecule has 0 radical (unpaired) electrons. The quantitative estimate of drug-likeness (QED) is 0.450. The van der Waals surface area contributed by atoms with Crippen molar-refractivity contribution in [1.82, 2.24) is 0 Å². The smallest absolute Gasteiger partial charge is 0.143 e. The summed E-state index contributed by atoms with van der Waals surface area (Å²) in [5.41, 5.74) is -0.321. The summed E-state index contributed by atoms with van der Waals surface area (Å²) in [6, 6.07) is 0. The van der Waals surface area contributed by atoms with E-state index in [9.17, 15) is 14.7 Å². The van der Waals surface area contributed by atoms with Crippen LogP contribution in [-0.4, -0.2) is 22.8 Å². The van der Waals surface area contributed by atoms with Gasteiger partial charge in [0.2, 0.25) is 0 Å². The van der Waals surface area contributed by atoms with Crippen molar-refractivity contribution in [2.24, 2.45) is 11.3 Å². The molecule has 0 bridgehead atoms. The second-order valence-corrected chi connectivity index (χ2v) is 5.98. The molecular formula is C16H24O3. The van der Waals surface area contributed by atoms with Gasteiger partial charge in [-0.05, 0) is 25.8 Å². The first-order valence-corrected chi connectivity index (χ1v) is 6.41. The van der Waals surface area contributed by atoms with E-state index in [0.717, 1.165) is 0 Å². The maximum Gasteiger partial charge on any atom is 0.143 e. The number of Topliss-reactive ketones (excluding diaryl/α,β-unsaturated/α-hetero) is 1. The van der Waals surface area contributed by atoms with E-state index in [1.165, 1.54) is 6.08 Å². The number of ketones is 1. The third kappa shape index (κ3) is 4.65. The summed E-state index contributed by atoms with van der Waals surface area (Å²) >= 11 is 0. The van der Waals surface area contributed by atoms with Gasteiger partial charge in [-0.25, -0.2) is 0 Å². The summed E-state index contributed by atoms with van der Waals surface area (Å²) in [6.45, 7) is 9.40. The van der Waals surface area contributed by atoms with Crippen LogP contribution in [0.1, 0.15) is 47.5 Å². The minimum Gasteiger partial charge on any atom is -0.389 e. The van der Waals surface area contributed by atoms with E-state index in [4.69, 9.17) is 6.42 Å². The van der Waals surface area contributed by atoms with Gasteiger partial charge in [-0.2, -0.15) is 0 Å². The van der Waals surface area contributed by atoms with Gasteiger partial charge in [-0.3, -0.25) is 9.59 Å². The van der Waals surface area contributed by atoms with Crippen molar-refractivity contribution in [1.29, 1.82) is 0 Å². The minimum absolute atomic E-state index is 0.0775. The predicted molar refractivity (Wildman–Crippen MR) is 76.5 cm³/mol. The number of carbonyl (C=O) groups excluding carboxylic acids is 2. The standard InChI is InChI=1S/C10H18O2.C6H6O/c1-7-5-8(11)6-9(2,3)10(7,4)12;1-3-6(2)4-5-7/h7,12H,5-6H2,1-4H3;1,4-5H,2H3/b;6-4-. The van der Waals surface area contributed by atoms with Gasteiger partial charge in [0, 0.05) is 23.8 Å². The summed E-state index contributed by atoms with van der Waals surface area (Å²) in [5.74, 6) is 2.65. The minimum atomic E-state index is -0.707. The van der Waals surface area contributed by atoms with E-state index in [1.807, 2.05) is 27.7 Å². The molecule has 0 aliphatic heterocycles. The fourth-order valence-electron chi connectivity index (χ4n) is 2.10. The molecule has 106 valence electrons. The fourth-order valence-corrected chi connectivity index (χ4v) is 2.10. The molecule has 1 N–H and O–H groups in total. The second kappa shape index (κ2) is 6.68. The molecule has 2 unspecified atom stereocenters. The van der Waals surface area contributed by atoms with Crippen molar-refractivity contribution in [3.05, 3.63) is 11.6 Å². The highest BCUT2D eigenvalue weighted by atomic mass is 16.3. The number of aliphatic hydroxyl groups is 1. The van der Waals surface area contributed by atoms with Crippen molar-refractivity contribution in [3.8, 4) is 12.3 Å². The van der Waals surface area contributed by atoms with Crippen LogP contribution in [0.3, 0.4) is 0 Å². The van der Waals surface area contributed by atoms with Crippen molar-refractivity contribution >= 4 is 12.1 Å². The molecule has 0 spiro atoms. The normalized spacial score (nSPS) is 29.8. The number of allylic oxidation sites excluding steroid dienone is 2. The third-order valence-electron chi connectivity index (χ3n) is 4.05. The van der Waals surface area contributed by atoms with Gasteiger partial charge in [-0.1, -0.05) is 26.7 Å². The van der Waals surface area contributed by atoms with Crippen molar-refractivity contribution in [2.45, 2.75) is 53.1 Å². The first kappa shape index (κ1) is 17.6. The Hall–Kier alpha value is -1.40. The average Bonchev–Trinajstić information content (AvgIpc) is 2.27. The highest BCUT2D eigenvalue weighted by molar-refractivity contribution is 5.80. The third-order valence-corrected chi connectivity index (χ3v) is 4.05. The molecule has 0 heterocycles. The lowest BCUT2D eigenvalue weighted by molar-refractivity contribution is -0.150. The number of carbonyl (C=O) groups is 2. The zero-order valence-corrected chi connectivity index (χ0v) is 12.5. The van der Waals surface area contributed by atoms with Gasteiger partial charge in [0.15, 0.2) is 0 Å². The summed E-state index contributed by atoms with van der Waals surface area (Å²) < 4.78 is 0. The van der Waals surface area contributed by atoms with E-state index in [0.29, 0.717) is 24.7 Å². The van der Waals surface area contributed by atoms with Crippen molar-refractivity contribution < 1.29 is 14.7 Å². The number of rotatable bonds is 1. The lowest BCUT2D eigenvalue weighted by atomic mass is 9.61. The van der Waals surface area contributed by atoms with Crippen LogP contribution in [-0.2, 0) is 9.59 Å². The van der Waals surface area contributed by atoms with Gasteiger partial charge >= 0.3 is 0 Å². The van der Waals surface area contributed by atoms with Crippen molar-refractivity contribution in [3.63, 3.8) is 0 Å². The van der Waals surface area contributed by atoms with Crippen LogP contribution in [0.2, 0.25) is 0 Å². The Morgan fingerprint density at radius 2 is 2.00 bits per heavy atom. The van der Waals surface area contributed by atoms with Crippen molar-refractivity contribution in [2.75, 3.05) is 0 Å². The molecule has 2 atom stereocenters. The molecular weight excluding hydrogens is 240 g/mol. The van der Waals surface area contributed by atoms with E-state index in [-0.39, 0.29) is 17.1 Å². The Morgan fingerprint density at radius 1 is 1.47 bits per heavy atom. The summed E-state index contributed by atoms with van der Waals surface area (Å²) in [7, 11) is 0. The SMILES string of the molecule is C#C/C(C)=C\C=O.CC1CC(=O)CC(C)(C)C1(C)O. The molecule has 1 aliphatic rings. The van der Waals surface area contributed by atoms with Crippen LogP contribution in [0.15, 0.2) is 11.6 Å². The lowest BCUT2D eigenvalue weighted by Crippen LogP contribution is -2.52. The molecule has 0 aromatic carbocycles. The largest absolute Gasteiger partial charge is 0.389 e. The molecule has 0 saturated heterocycles. The topological polar surface area (TPSA) is 54.4 Å². The van der Waals surface area contributed by atoms with E-state index < -0.39 is 5.60 Å². The molecule has 3 nitrogen and oxygen atoms in total. The van der Waals surface area contributed by atoms with Gasteiger partial charge in [-0.15, -0.1) is 6.42 Å². The number of aldehydes is 1. The molecule has 1 aliphatic carbocycles. The summed E-state index contributed by atoms with van der Waals surface area (Å²) in [4.78, 5) is 20.9. The van der Waals surface area contributed by atoms with Gasteiger partial charge in [0.1, 0.15) is 12.1 Å². The average molecular weight is 264 g/mol. The van der Waals surface area contributed by atoms with Gasteiger partial charge in [0.25, 0.3) is 0 Å². The summed E-state index contributed by atoms with van der Waals surface area (Å²) in [5, 5.41) is 10.1. The lowest BCUT2D eigenvalue weighted by Gasteiger charge is -2.47. The van der Waals surface area contributed by atoms with Gasteiger partial charge in [0.05, 0.1) is 5.60 Å². The Morgan fingerprint density at radius 3 is 2.32 bits per heavy atom. The molecule has 0 aromatic heterocycles. The maximum atomic E-state index is 11.3. The van der Waals surface area contributed by atoms with Crippen LogP contribution < -0.4 is 0 Å². The number of terminal acetylenes is 1. The molecule has 1 saturated carbocycles. The van der Waals surface area contributed by atoms with E-state index in [1.54, 1.807) is 6.92 Å². The summed E-state index contributed by atoms with van der Waals surface area (Å²) in [6.07, 6.45) is 7.93. The Labute approximate surface area is 116 Å². The second-order valence-electron chi connectivity index (χ2n) is 5.98. The predicted octanol–water partition coefficient (Wildman–Crippen LogP) is 2.53. The maximum absolute atomic E-state index is 11.3. The zero-order valence-electron chi connectivity index (χ0n) is 12.5. The Balaban J connectivity index is 0.000000399. The van der Waals surface area contributed by atoms with Crippen LogP contribution in [0.5, 0.6) is 0 Å². The molecule has 1 rings (SSSR count). The first-order valence-electron chi connectivity index (χ1n) is 6.41. The molecule has 19 heavy (non-hydrogen) atoms. The monoisotopic (exact) mass is 264 g/mol. The number of hydrogen-bond donors (Lipinski definition) is 1. The Bertz CT molecular complexity index is 408. The van der Waals surface area contributed by atoms with Gasteiger partial charge < -0.3 is 5.11 Å². The van der Waals surface area contributed by atoms with Crippen LogP contribution in [0, 0.1) is 23.7 Å². The highest BCUT2D eigenvalue weighted by Gasteiger charge is 2.48. The fraction of sp³-hybridized carbons (Fsp3) is 0.625. The molecule has 0 amide bonds. The Kier molecular flexibility index (Phi) is 6.18. The van der Waals surface area contributed by atoms with Crippen LogP contribution in [0.25, 0.3) is 0 Å². The molecule has 3 heteroatoms. The van der Waals surface area contributed by atoms with E-state index >= 15 is 0 Å². The van der Waals surface area contributed by atoms with E-state index in [2.05, 4.69) is 5.92 Å². The number of hydrogen-bond acceptors (Lipinski definition) is 3. The van der Waals surface area contributed by atoms with Crippen LogP contribution in [0.4, 0.5) is 0 Å². The highest BCUT2D eigenvalue weighted by Crippen LogP contribution is 2.45. The molecule has 1 fully saturated rings.